The van der Waals surface area contributed by atoms with E-state index in [4.69, 9.17) is 0 Å². The molecule has 0 amide bonds. The molecule has 38 heavy (non-hydrogen) atoms. The third kappa shape index (κ3) is 97.0. The maximum Gasteiger partial charge on any atom is 0 e. The first-order valence-electron chi connectivity index (χ1n) is 13.8. The van der Waals surface area contributed by atoms with Gasteiger partial charge in [-0.3, -0.25) is 0 Å². The van der Waals surface area contributed by atoms with Crippen molar-refractivity contribution in [2.45, 2.75) is 156 Å². The predicted octanol–water partition coefficient (Wildman–Crippen LogP) is 10.6. The zero-order chi connectivity index (χ0) is 31.6. The van der Waals surface area contributed by atoms with E-state index >= 15 is 0 Å². The van der Waals surface area contributed by atoms with Crippen molar-refractivity contribution >= 4 is 152 Å². The van der Waals surface area contributed by atoms with E-state index in [1.807, 2.05) is 0 Å². The Kier molecular flexibility index (Phi) is 73.1. The molecule has 0 saturated carbocycles. The van der Waals surface area contributed by atoms with Crippen LogP contribution >= 0.6 is 0 Å². The molecule has 0 heterocycles. The molecule has 0 atom stereocenters. The summed E-state index contributed by atoms with van der Waals surface area (Å²) in [5.74, 6) is 42.0. The van der Waals surface area contributed by atoms with Gasteiger partial charge in [-0.25, -0.2) is 0 Å². The molecule has 0 nitrogen and oxygen atoms in total. The largest absolute Gasteiger partial charge is 0 e. The molecule has 0 unspecified atom stereocenters. The summed E-state index contributed by atoms with van der Waals surface area (Å²) in [6, 6.07) is 0. The maximum absolute atomic E-state index is 2.66. The monoisotopic (exact) mass is 1090 g/mol. The molecule has 0 aromatic heterocycles. The summed E-state index contributed by atoms with van der Waals surface area (Å²) in [7, 11) is -1.54. The first-order chi connectivity index (χ1) is 15.5. The molecule has 0 aliphatic heterocycles. The molecular formula is C26H78Ge8Si4. The van der Waals surface area contributed by atoms with E-state index in [0.717, 1.165) is 0 Å². The van der Waals surface area contributed by atoms with E-state index in [1.165, 1.54) is 0 Å². The van der Waals surface area contributed by atoms with Crippen molar-refractivity contribution in [1.29, 1.82) is 0 Å². The fourth-order valence-corrected chi connectivity index (χ4v) is 47.2. The van der Waals surface area contributed by atoms with Crippen LogP contribution in [0.25, 0.3) is 0 Å². The molecular weight excluding hydrogens is 1010 g/mol. The average molecular weight is 1080 g/mol. The second-order valence-corrected chi connectivity index (χ2v) is 86.5. The van der Waals surface area contributed by atoms with Crippen LogP contribution in [-0.2, 0) is 0 Å². The first-order valence-corrected chi connectivity index (χ1v) is 65.5. The summed E-state index contributed by atoms with van der Waals surface area (Å²) in [6.45, 7) is 20.8. The predicted molar refractivity (Wildman–Crippen MR) is 222 cm³/mol. The first kappa shape index (κ1) is 65.8. The van der Waals surface area contributed by atoms with E-state index in [2.05, 4.69) is 156 Å². The molecule has 0 rings (SSSR count). The Balaban J connectivity index is -0.0000000395. The molecule has 12 heteroatoms. The Hall–Kier alpha value is 5.21. The van der Waals surface area contributed by atoms with E-state index in [0.29, 0.717) is 0 Å². The standard InChI is InChI=1S/C8H24Si4.6C3H9Ge.2Ge/c1-9(2)11(5,6)12(7,8)10(3)4;6*1-4(2)3;;/h1-8H3;6*1-3H3;;. The Morgan fingerprint density at radius 3 is 0.368 bits per heavy atom. The van der Waals surface area contributed by atoms with Gasteiger partial charge in [-0.1, -0.05) is 52.4 Å². The summed E-state index contributed by atoms with van der Waals surface area (Å²) in [5, 5.41) is 0. The average Bonchev–Trinajstić information content (AvgIpc) is 2.50. The zero-order valence-electron chi connectivity index (χ0n) is 32.0. The van der Waals surface area contributed by atoms with Crippen LogP contribution in [0, 0.1) is 0 Å². The minimum Gasteiger partial charge on any atom is 0 e. The topological polar surface area (TPSA) is 0 Å². The van der Waals surface area contributed by atoms with Gasteiger partial charge in [-0.2, -0.15) is 0 Å². The molecule has 0 spiro atoms. The van der Waals surface area contributed by atoms with Crippen LogP contribution < -0.4 is 0 Å². The van der Waals surface area contributed by atoms with Crippen molar-refractivity contribution < 1.29 is 0 Å². The summed E-state index contributed by atoms with van der Waals surface area (Å²) in [5.41, 5.74) is 0. The molecule has 16 radical (unpaired) electrons. The third-order valence-electron chi connectivity index (χ3n) is 4.06. The van der Waals surface area contributed by atoms with Crippen LogP contribution in [0.1, 0.15) is 0 Å². The van der Waals surface area contributed by atoms with E-state index < -0.39 is 14.2 Å². The van der Waals surface area contributed by atoms with Gasteiger partial charge >= 0.3 is 190 Å². The van der Waals surface area contributed by atoms with Gasteiger partial charge in [0.15, 0.2) is 0 Å². The van der Waals surface area contributed by atoms with Crippen molar-refractivity contribution in [2.24, 2.45) is 0 Å². The molecule has 0 aliphatic carbocycles. The molecule has 0 aromatic carbocycles. The SMILES string of the molecule is C[Si](C)[Si](C)(C)[Si](C)(C)[Si](C)C.[CH3][Ge]([CH3])[CH3].[CH3][Ge]([CH3])[CH3].[CH3][Ge]([CH3])[CH3].[CH3][Ge]([CH3])[CH3].[CH3][Ge]([CH3])[CH3].[CH3][Ge]([CH3])[CH3].[Ge].[Ge]. The van der Waals surface area contributed by atoms with Crippen molar-refractivity contribution in [3.05, 3.63) is 0 Å². The number of hydrogen-bond donors (Lipinski definition) is 0. The van der Waals surface area contributed by atoms with Gasteiger partial charge in [-0.15, -0.1) is 0 Å². The summed E-state index contributed by atoms with van der Waals surface area (Å²) in [6.07, 6.45) is 0. The van der Waals surface area contributed by atoms with Crippen LogP contribution in [0.3, 0.4) is 0 Å². The fourth-order valence-electron chi connectivity index (χ4n) is 1.25. The van der Waals surface area contributed by atoms with Crippen LogP contribution in [0.15, 0.2) is 0 Å². The zero-order valence-corrected chi connectivity index (χ0v) is 52.8. The van der Waals surface area contributed by atoms with Crippen LogP contribution in [-0.4, -0.2) is 152 Å². The van der Waals surface area contributed by atoms with Gasteiger partial charge in [-0.05, 0) is 0 Å². The molecule has 0 aliphatic rings. The van der Waals surface area contributed by atoms with Gasteiger partial charge in [0.1, 0.15) is 0 Å². The molecule has 0 N–H and O–H groups in total. The van der Waals surface area contributed by atoms with Crippen molar-refractivity contribution in [3.8, 4) is 0 Å². The van der Waals surface area contributed by atoms with Gasteiger partial charge < -0.3 is 0 Å². The molecule has 0 aromatic rings. The van der Waals surface area contributed by atoms with Crippen molar-refractivity contribution in [2.75, 3.05) is 0 Å². The van der Waals surface area contributed by atoms with E-state index in [1.54, 1.807) is 0 Å². The number of hydrogen-bond acceptors (Lipinski definition) is 0. The quantitative estimate of drug-likeness (QED) is 0.247. The van der Waals surface area contributed by atoms with Crippen molar-refractivity contribution in [1.82, 2.24) is 0 Å². The Morgan fingerprint density at radius 2 is 0.342 bits per heavy atom. The molecule has 230 valence electrons. The molecule has 0 bridgehead atoms. The van der Waals surface area contributed by atoms with Gasteiger partial charge in [0.25, 0.3) is 0 Å². The third-order valence-corrected chi connectivity index (χ3v) is 59.1. The number of rotatable bonds is 3. The Bertz CT molecular complexity index is 312. The second-order valence-electron chi connectivity index (χ2n) is 14.2. The summed E-state index contributed by atoms with van der Waals surface area (Å²) >= 11 is -2.00. The van der Waals surface area contributed by atoms with Gasteiger partial charge in [0.05, 0.1) is 0 Å². The smallest absolute Gasteiger partial charge is 0 e. The Labute approximate surface area is 303 Å². The summed E-state index contributed by atoms with van der Waals surface area (Å²) in [4.78, 5) is 0. The second kappa shape index (κ2) is 42.2. The van der Waals surface area contributed by atoms with Crippen LogP contribution in [0.2, 0.25) is 156 Å². The maximum atomic E-state index is 2.66. The minimum atomic E-state index is -0.785. The van der Waals surface area contributed by atoms with Crippen molar-refractivity contribution in [3.63, 3.8) is 0 Å². The fraction of sp³-hybridized carbons (Fsp3) is 1.00. The van der Waals surface area contributed by atoms with Crippen LogP contribution in [0.5, 0.6) is 0 Å². The summed E-state index contributed by atoms with van der Waals surface area (Å²) < 4.78 is 0. The van der Waals surface area contributed by atoms with Gasteiger partial charge in [0, 0.05) is 66.0 Å². The molecule has 0 saturated heterocycles. The molecule has 0 fully saturated rings. The van der Waals surface area contributed by atoms with Crippen LogP contribution in [0.4, 0.5) is 0 Å². The minimum absolute atomic E-state index is 0. The van der Waals surface area contributed by atoms with E-state index in [9.17, 15) is 0 Å². The normalized spacial score (nSPS) is 10.3. The van der Waals surface area contributed by atoms with Gasteiger partial charge in [0.2, 0.25) is 0 Å². The van der Waals surface area contributed by atoms with E-state index in [-0.39, 0.29) is 138 Å². The Morgan fingerprint density at radius 1 is 0.289 bits per heavy atom.